The van der Waals surface area contributed by atoms with Crippen LogP contribution in [0.2, 0.25) is 0 Å². The van der Waals surface area contributed by atoms with Gasteiger partial charge in [0.05, 0.1) is 0 Å². The molecule has 0 spiro atoms. The predicted octanol–water partition coefficient (Wildman–Crippen LogP) is 5.65. The van der Waals surface area contributed by atoms with Gasteiger partial charge in [0.1, 0.15) is 4.90 Å². The van der Waals surface area contributed by atoms with Gasteiger partial charge in [0.2, 0.25) is 0 Å². The van der Waals surface area contributed by atoms with Crippen LogP contribution in [0.4, 0.5) is 0 Å². The topological polar surface area (TPSA) is 57.6 Å². The van der Waals surface area contributed by atoms with Gasteiger partial charge in [-0.05, 0) is 93.1 Å². The summed E-state index contributed by atoms with van der Waals surface area (Å²) in [7, 11) is -4.30. The highest BCUT2D eigenvalue weighted by atomic mass is 79.9. The molecule has 0 heterocycles. The molecular weight excluding hydrogens is 450 g/mol. The van der Waals surface area contributed by atoms with Gasteiger partial charge in [0.15, 0.2) is 0 Å². The third-order valence-electron chi connectivity index (χ3n) is 5.73. The van der Waals surface area contributed by atoms with Crippen molar-refractivity contribution in [2.45, 2.75) is 63.8 Å². The summed E-state index contributed by atoms with van der Waals surface area (Å²) in [5.74, 6) is 0. The van der Waals surface area contributed by atoms with E-state index in [9.17, 15) is 13.0 Å². The maximum Gasteiger partial charge on any atom is 0.295 e. The van der Waals surface area contributed by atoms with Crippen molar-refractivity contribution in [3.8, 4) is 11.1 Å². The molecule has 4 nitrogen and oxygen atoms in total. The summed E-state index contributed by atoms with van der Waals surface area (Å²) in [5, 5.41) is 0. The molecule has 3 rings (SSSR count). The number of rotatable bonds is 7. The first-order valence-corrected chi connectivity index (χ1v) is 12.6. The van der Waals surface area contributed by atoms with Crippen molar-refractivity contribution in [1.82, 2.24) is 4.90 Å². The third-order valence-corrected chi connectivity index (χ3v) is 7.30. The van der Waals surface area contributed by atoms with Gasteiger partial charge in [-0.3, -0.25) is 4.55 Å². The van der Waals surface area contributed by atoms with Crippen molar-refractivity contribution in [2.75, 3.05) is 13.1 Å². The minimum Gasteiger partial charge on any atom is -0.300 e. The number of benzene rings is 2. The Morgan fingerprint density at radius 1 is 1.07 bits per heavy atom. The Hall–Kier alpha value is -1.21. The lowest BCUT2D eigenvalue weighted by Crippen LogP contribution is -2.40. The van der Waals surface area contributed by atoms with E-state index in [1.807, 2.05) is 13.0 Å². The van der Waals surface area contributed by atoms with Crippen molar-refractivity contribution in [1.29, 1.82) is 0 Å². The van der Waals surface area contributed by atoms with E-state index in [0.29, 0.717) is 11.6 Å². The SMILES string of the molecule is CCCN(CCC)C1CCc2cc(-c3cc(C)ccc3S(=O)(=O)O)c(Br)cc2C1. The van der Waals surface area contributed by atoms with Gasteiger partial charge < -0.3 is 4.90 Å². The number of nitrogens with zero attached hydrogens (tertiary/aromatic N) is 1. The quantitative estimate of drug-likeness (QED) is 0.521. The molecule has 0 radical (unpaired) electrons. The largest absolute Gasteiger partial charge is 0.300 e. The molecule has 1 aliphatic rings. The van der Waals surface area contributed by atoms with Crippen LogP contribution in [0.3, 0.4) is 0 Å². The monoisotopic (exact) mass is 479 g/mol. The summed E-state index contributed by atoms with van der Waals surface area (Å²) in [4.78, 5) is 2.57. The van der Waals surface area contributed by atoms with Gasteiger partial charge >= 0.3 is 0 Å². The fourth-order valence-electron chi connectivity index (χ4n) is 4.41. The van der Waals surface area contributed by atoms with Crippen molar-refractivity contribution < 1.29 is 13.0 Å². The molecule has 29 heavy (non-hydrogen) atoms. The molecule has 2 aromatic carbocycles. The standard InChI is InChI=1S/C23H30BrNO3S/c1-4-10-25(11-5-2)19-8-7-17-14-20(22(24)15-18(17)13-19)21-12-16(3)6-9-23(21)29(26,27)28/h6,9,12,14-15,19H,4-5,7-8,10-11,13H2,1-3H3,(H,26,27,28). The van der Waals surface area contributed by atoms with Gasteiger partial charge in [-0.1, -0.05) is 41.4 Å². The summed E-state index contributed by atoms with van der Waals surface area (Å²) in [6, 6.07) is 9.82. The molecule has 0 saturated heterocycles. The zero-order valence-corrected chi connectivity index (χ0v) is 19.8. The lowest BCUT2D eigenvalue weighted by atomic mass is 9.85. The van der Waals surface area contributed by atoms with E-state index in [-0.39, 0.29) is 4.90 Å². The third kappa shape index (κ3) is 5.10. The van der Waals surface area contributed by atoms with Crippen LogP contribution in [0, 0.1) is 6.92 Å². The van der Waals surface area contributed by atoms with Crippen molar-refractivity contribution >= 4 is 26.0 Å². The summed E-state index contributed by atoms with van der Waals surface area (Å²) in [5.41, 5.74) is 4.91. The zero-order valence-electron chi connectivity index (χ0n) is 17.4. The van der Waals surface area contributed by atoms with Crippen LogP contribution >= 0.6 is 15.9 Å². The van der Waals surface area contributed by atoms with Crippen LogP contribution in [-0.4, -0.2) is 37.0 Å². The first kappa shape index (κ1) is 22.5. The Morgan fingerprint density at radius 2 is 1.76 bits per heavy atom. The molecule has 1 atom stereocenters. The molecule has 0 fully saturated rings. The molecular formula is C23H30BrNO3S. The number of hydrogen-bond donors (Lipinski definition) is 1. The maximum atomic E-state index is 11.9. The van der Waals surface area contributed by atoms with Crippen LogP contribution < -0.4 is 0 Å². The van der Waals surface area contributed by atoms with Crippen LogP contribution in [0.15, 0.2) is 39.7 Å². The Bertz CT molecular complexity index is 982. The van der Waals surface area contributed by atoms with Crippen LogP contribution in [0.25, 0.3) is 11.1 Å². The summed E-state index contributed by atoms with van der Waals surface area (Å²) >= 11 is 3.67. The van der Waals surface area contributed by atoms with E-state index >= 15 is 0 Å². The second-order valence-electron chi connectivity index (χ2n) is 8.01. The Balaban J connectivity index is 1.99. The van der Waals surface area contributed by atoms with Crippen molar-refractivity contribution in [3.63, 3.8) is 0 Å². The minimum atomic E-state index is -4.30. The number of aryl methyl sites for hydroxylation is 2. The van der Waals surface area contributed by atoms with Gasteiger partial charge in [0, 0.05) is 16.1 Å². The zero-order chi connectivity index (χ0) is 21.2. The number of hydrogen-bond acceptors (Lipinski definition) is 3. The Morgan fingerprint density at radius 3 is 2.38 bits per heavy atom. The second-order valence-corrected chi connectivity index (χ2v) is 10.3. The first-order valence-electron chi connectivity index (χ1n) is 10.4. The average Bonchev–Trinajstić information content (AvgIpc) is 2.65. The van der Waals surface area contributed by atoms with E-state index in [1.165, 1.54) is 17.2 Å². The van der Waals surface area contributed by atoms with Gasteiger partial charge in [0.25, 0.3) is 10.1 Å². The van der Waals surface area contributed by atoms with E-state index in [4.69, 9.17) is 0 Å². The fourth-order valence-corrected chi connectivity index (χ4v) is 5.70. The van der Waals surface area contributed by atoms with Gasteiger partial charge in [-0.25, -0.2) is 0 Å². The molecule has 0 amide bonds. The van der Waals surface area contributed by atoms with Crippen molar-refractivity contribution in [3.05, 3.63) is 51.5 Å². The summed E-state index contributed by atoms with van der Waals surface area (Å²) < 4.78 is 34.4. The number of halogens is 1. The highest BCUT2D eigenvalue weighted by molar-refractivity contribution is 9.10. The molecule has 1 N–H and O–H groups in total. The molecule has 0 saturated carbocycles. The lowest BCUT2D eigenvalue weighted by Gasteiger charge is -2.35. The summed E-state index contributed by atoms with van der Waals surface area (Å²) in [6.07, 6.45) is 5.45. The molecule has 1 unspecified atom stereocenters. The molecule has 0 aromatic heterocycles. The van der Waals surface area contributed by atoms with E-state index in [0.717, 1.165) is 60.8 Å². The van der Waals surface area contributed by atoms with E-state index in [2.05, 4.69) is 46.8 Å². The Labute approximate surface area is 183 Å². The Kier molecular flexibility index (Phi) is 7.20. The van der Waals surface area contributed by atoms with Crippen LogP contribution in [-0.2, 0) is 23.0 Å². The predicted molar refractivity (Wildman–Crippen MR) is 122 cm³/mol. The molecule has 6 heteroatoms. The summed E-state index contributed by atoms with van der Waals surface area (Å²) in [6.45, 7) is 8.65. The fraction of sp³-hybridized carbons (Fsp3) is 0.478. The average molecular weight is 480 g/mol. The number of fused-ring (bicyclic) bond motifs is 1. The molecule has 158 valence electrons. The van der Waals surface area contributed by atoms with Gasteiger partial charge in [-0.2, -0.15) is 8.42 Å². The maximum absolute atomic E-state index is 11.9. The molecule has 2 aromatic rings. The lowest BCUT2D eigenvalue weighted by molar-refractivity contribution is 0.180. The molecule has 0 aliphatic heterocycles. The molecule has 0 bridgehead atoms. The van der Waals surface area contributed by atoms with E-state index in [1.54, 1.807) is 6.07 Å². The van der Waals surface area contributed by atoms with Crippen molar-refractivity contribution in [2.24, 2.45) is 0 Å². The van der Waals surface area contributed by atoms with E-state index < -0.39 is 10.1 Å². The van der Waals surface area contributed by atoms with Gasteiger partial charge in [-0.15, -0.1) is 0 Å². The van der Waals surface area contributed by atoms with Crippen LogP contribution in [0.5, 0.6) is 0 Å². The first-order chi connectivity index (χ1) is 13.7. The minimum absolute atomic E-state index is 0.0468. The highest BCUT2D eigenvalue weighted by Crippen LogP contribution is 2.38. The second kappa shape index (κ2) is 9.29. The normalized spacial score (nSPS) is 16.8. The highest BCUT2D eigenvalue weighted by Gasteiger charge is 2.26. The smallest absolute Gasteiger partial charge is 0.295 e. The molecule has 1 aliphatic carbocycles. The van der Waals surface area contributed by atoms with Crippen LogP contribution in [0.1, 0.15) is 49.8 Å².